The maximum absolute atomic E-state index is 11.9. The Hall–Kier alpha value is -1.06. The molecule has 0 N–H and O–H groups in total. The molecule has 1 saturated carbocycles. The minimum atomic E-state index is -0.294. The summed E-state index contributed by atoms with van der Waals surface area (Å²) in [6, 6.07) is 0. The van der Waals surface area contributed by atoms with Crippen molar-refractivity contribution in [3.05, 3.63) is 0 Å². The van der Waals surface area contributed by atoms with Gasteiger partial charge >= 0.3 is 5.97 Å². The number of hydrogen-bond acceptors (Lipinski definition) is 3. The van der Waals surface area contributed by atoms with Crippen LogP contribution in [-0.2, 0) is 14.3 Å². The van der Waals surface area contributed by atoms with Gasteiger partial charge in [0.05, 0.1) is 6.61 Å². The average Bonchev–Trinajstić information content (AvgIpc) is 2.94. The lowest BCUT2D eigenvalue weighted by Crippen LogP contribution is -2.33. The van der Waals surface area contributed by atoms with E-state index in [1.165, 1.54) is 30.6 Å². The van der Waals surface area contributed by atoms with Crippen LogP contribution >= 0.6 is 0 Å². The summed E-state index contributed by atoms with van der Waals surface area (Å²) in [7, 11) is 1.68. The number of likely N-dealkylation sites (N-methyl/N-ethyl adjacent to an activating group) is 1. The van der Waals surface area contributed by atoms with Crippen molar-refractivity contribution in [2.24, 2.45) is 5.92 Å². The number of carbonyl (C=O) groups is 2. The Morgan fingerprint density at radius 3 is 2.55 bits per heavy atom. The Morgan fingerprint density at radius 1 is 1.20 bits per heavy atom. The van der Waals surface area contributed by atoms with E-state index in [1.807, 2.05) is 0 Å². The van der Waals surface area contributed by atoms with Crippen molar-refractivity contribution in [3.8, 4) is 0 Å². The van der Waals surface area contributed by atoms with E-state index in [4.69, 9.17) is 4.74 Å². The lowest BCUT2D eigenvalue weighted by molar-refractivity contribution is -0.148. The molecule has 1 fully saturated rings. The van der Waals surface area contributed by atoms with Crippen molar-refractivity contribution < 1.29 is 14.3 Å². The minimum absolute atomic E-state index is 0.0578. The lowest BCUT2D eigenvalue weighted by Gasteiger charge is -2.17. The summed E-state index contributed by atoms with van der Waals surface area (Å²) < 4.78 is 5.11. The number of carbonyl (C=O) groups excluding carboxylic acids is 2. The van der Waals surface area contributed by atoms with Gasteiger partial charge in [0.15, 0.2) is 0 Å². The first-order valence-corrected chi connectivity index (χ1v) is 8.03. The number of nitrogens with zero attached hydrogens (tertiary/aromatic N) is 1. The van der Waals surface area contributed by atoms with Crippen molar-refractivity contribution in [2.75, 3.05) is 20.2 Å². The zero-order valence-electron chi connectivity index (χ0n) is 13.0. The van der Waals surface area contributed by atoms with E-state index in [2.05, 4.69) is 6.92 Å². The highest BCUT2D eigenvalue weighted by Gasteiger charge is 2.18. The summed E-state index contributed by atoms with van der Waals surface area (Å²) in [6.45, 7) is 2.66. The van der Waals surface area contributed by atoms with Crippen LogP contribution in [-0.4, -0.2) is 37.0 Å². The van der Waals surface area contributed by atoms with Crippen LogP contribution in [0.25, 0.3) is 0 Å². The summed E-state index contributed by atoms with van der Waals surface area (Å²) in [5, 5.41) is 0. The highest BCUT2D eigenvalue weighted by molar-refractivity contribution is 5.81. The van der Waals surface area contributed by atoms with Gasteiger partial charge in [0.1, 0.15) is 6.54 Å². The molecule has 1 aliphatic carbocycles. The van der Waals surface area contributed by atoms with Gasteiger partial charge in [-0.15, -0.1) is 0 Å². The van der Waals surface area contributed by atoms with Crippen molar-refractivity contribution in [2.45, 2.75) is 64.7 Å². The predicted octanol–water partition coefficient (Wildman–Crippen LogP) is 3.15. The van der Waals surface area contributed by atoms with Crippen LogP contribution in [0.4, 0.5) is 0 Å². The van der Waals surface area contributed by atoms with Gasteiger partial charge < -0.3 is 9.64 Å². The monoisotopic (exact) mass is 283 g/mol. The van der Waals surface area contributed by atoms with Crippen molar-refractivity contribution in [1.82, 2.24) is 4.90 Å². The molecule has 1 aliphatic rings. The third-order valence-corrected chi connectivity index (χ3v) is 4.04. The van der Waals surface area contributed by atoms with Crippen LogP contribution in [0.1, 0.15) is 64.7 Å². The molecule has 0 heterocycles. The van der Waals surface area contributed by atoms with Crippen molar-refractivity contribution in [3.63, 3.8) is 0 Å². The van der Waals surface area contributed by atoms with E-state index in [1.54, 1.807) is 7.05 Å². The summed E-state index contributed by atoms with van der Waals surface area (Å²) in [5.74, 6) is 0.480. The molecule has 4 nitrogen and oxygen atoms in total. The number of amides is 1. The molecule has 0 atom stereocenters. The molecule has 1 rings (SSSR count). The van der Waals surface area contributed by atoms with E-state index in [0.717, 1.165) is 25.7 Å². The second-order valence-electron chi connectivity index (χ2n) is 5.87. The van der Waals surface area contributed by atoms with Crippen LogP contribution in [0.15, 0.2) is 0 Å². The fraction of sp³-hybridized carbons (Fsp3) is 0.875. The van der Waals surface area contributed by atoms with E-state index in [-0.39, 0.29) is 18.4 Å². The summed E-state index contributed by atoms with van der Waals surface area (Å²) in [5.41, 5.74) is 0. The van der Waals surface area contributed by atoms with E-state index < -0.39 is 0 Å². The third kappa shape index (κ3) is 6.92. The molecule has 0 aromatic heterocycles. The smallest absolute Gasteiger partial charge is 0.325 e. The molecule has 0 aliphatic heterocycles. The summed E-state index contributed by atoms with van der Waals surface area (Å²) in [6.07, 6.45) is 9.74. The summed E-state index contributed by atoms with van der Waals surface area (Å²) >= 11 is 0. The molecule has 4 heteroatoms. The second kappa shape index (κ2) is 9.78. The first-order chi connectivity index (χ1) is 9.63. The number of hydrogen-bond donors (Lipinski definition) is 0. The Kier molecular flexibility index (Phi) is 8.31. The highest BCUT2D eigenvalue weighted by atomic mass is 16.5. The second-order valence-corrected chi connectivity index (χ2v) is 5.87. The molecule has 0 aromatic carbocycles. The fourth-order valence-corrected chi connectivity index (χ4v) is 2.68. The largest absolute Gasteiger partial charge is 0.464 e. The molecule has 1 amide bonds. The molecule has 20 heavy (non-hydrogen) atoms. The number of esters is 1. The van der Waals surface area contributed by atoms with Crippen LogP contribution in [0, 0.1) is 5.92 Å². The van der Waals surface area contributed by atoms with Crippen LogP contribution in [0.5, 0.6) is 0 Å². The van der Waals surface area contributed by atoms with Gasteiger partial charge in [-0.1, -0.05) is 45.4 Å². The zero-order valence-corrected chi connectivity index (χ0v) is 13.0. The molecule has 0 aromatic rings. The van der Waals surface area contributed by atoms with E-state index in [9.17, 15) is 9.59 Å². The predicted molar refractivity (Wildman–Crippen MR) is 79.3 cm³/mol. The molecule has 116 valence electrons. The van der Waals surface area contributed by atoms with Crippen LogP contribution in [0.3, 0.4) is 0 Å². The Morgan fingerprint density at radius 2 is 1.90 bits per heavy atom. The molecule has 0 bridgehead atoms. The SMILES string of the molecule is CCCCCOC(=O)CN(C)C(=O)CCC1CCCC1. The quantitative estimate of drug-likeness (QED) is 0.482. The summed E-state index contributed by atoms with van der Waals surface area (Å²) in [4.78, 5) is 25.0. The molecule has 0 saturated heterocycles. The van der Waals surface area contributed by atoms with Gasteiger partial charge in [-0.3, -0.25) is 9.59 Å². The number of rotatable bonds is 9. The fourth-order valence-electron chi connectivity index (χ4n) is 2.68. The van der Waals surface area contributed by atoms with Gasteiger partial charge in [0, 0.05) is 13.5 Å². The lowest BCUT2D eigenvalue weighted by atomic mass is 10.0. The Labute approximate surface area is 122 Å². The highest BCUT2D eigenvalue weighted by Crippen LogP contribution is 2.28. The Bertz CT molecular complexity index is 298. The normalized spacial score (nSPS) is 15.3. The van der Waals surface area contributed by atoms with E-state index >= 15 is 0 Å². The molecular formula is C16H29NO3. The number of ether oxygens (including phenoxy) is 1. The molecule has 0 unspecified atom stereocenters. The van der Waals surface area contributed by atoms with Crippen molar-refractivity contribution in [1.29, 1.82) is 0 Å². The average molecular weight is 283 g/mol. The molecular weight excluding hydrogens is 254 g/mol. The maximum Gasteiger partial charge on any atom is 0.325 e. The van der Waals surface area contributed by atoms with Gasteiger partial charge in [0.2, 0.25) is 5.91 Å². The van der Waals surface area contributed by atoms with Crippen molar-refractivity contribution >= 4 is 11.9 Å². The van der Waals surface area contributed by atoms with E-state index in [0.29, 0.717) is 18.9 Å². The van der Waals surface area contributed by atoms with Crippen LogP contribution in [0.2, 0.25) is 0 Å². The first-order valence-electron chi connectivity index (χ1n) is 8.03. The standard InChI is InChI=1S/C16H29NO3/c1-3-4-7-12-20-16(19)13-17(2)15(18)11-10-14-8-5-6-9-14/h14H,3-13H2,1-2H3. The Balaban J connectivity index is 2.11. The van der Waals surface area contributed by atoms with Gasteiger partial charge in [0.25, 0.3) is 0 Å². The zero-order chi connectivity index (χ0) is 14.8. The minimum Gasteiger partial charge on any atom is -0.464 e. The maximum atomic E-state index is 11.9. The molecule has 0 spiro atoms. The molecule has 0 radical (unpaired) electrons. The third-order valence-electron chi connectivity index (χ3n) is 4.04. The van der Waals surface area contributed by atoms with Gasteiger partial charge in [-0.2, -0.15) is 0 Å². The van der Waals surface area contributed by atoms with Crippen LogP contribution < -0.4 is 0 Å². The van der Waals surface area contributed by atoms with Gasteiger partial charge in [-0.05, 0) is 18.8 Å². The number of unbranched alkanes of at least 4 members (excludes halogenated alkanes) is 2. The first kappa shape index (κ1) is 17.0. The van der Waals surface area contributed by atoms with Gasteiger partial charge in [-0.25, -0.2) is 0 Å². The topological polar surface area (TPSA) is 46.6 Å².